The van der Waals surface area contributed by atoms with Crippen LogP contribution in [0.3, 0.4) is 0 Å². The molecule has 1 saturated heterocycles. The van der Waals surface area contributed by atoms with E-state index in [1.165, 1.54) is 0 Å². The molecule has 110 valence electrons. The molecule has 2 fully saturated rings. The van der Waals surface area contributed by atoms with Crippen LogP contribution in [0.4, 0.5) is 0 Å². The number of carbonyl (C=O) groups is 1. The molecule has 0 aromatic carbocycles. The molecule has 0 radical (unpaired) electrons. The summed E-state index contributed by atoms with van der Waals surface area (Å²) in [5, 5.41) is -0.734. The van der Waals surface area contributed by atoms with E-state index in [2.05, 4.69) is 20.8 Å². The number of carbonyl (C=O) groups excluding carboxylic acids is 1. The Morgan fingerprint density at radius 2 is 1.95 bits per heavy atom. The predicted molar refractivity (Wildman–Crippen MR) is 75.5 cm³/mol. The lowest BCUT2D eigenvalue weighted by Gasteiger charge is -2.42. The third-order valence-corrected chi connectivity index (χ3v) is 6.19. The predicted octanol–water partition coefficient (Wildman–Crippen LogP) is 2.37. The average Bonchev–Trinajstić information content (AvgIpc) is 2.56. The molecule has 0 bridgehead atoms. The topological polar surface area (TPSA) is 54.5 Å². The Labute approximate surface area is 119 Å². The number of likely N-dealkylation sites (tertiary alicyclic amines) is 1. The zero-order chi connectivity index (χ0) is 14.4. The molecule has 0 N–H and O–H groups in total. The van der Waals surface area contributed by atoms with Gasteiger partial charge < -0.3 is 4.90 Å². The van der Waals surface area contributed by atoms with Crippen LogP contribution < -0.4 is 0 Å². The van der Waals surface area contributed by atoms with E-state index in [1.807, 2.05) is 0 Å². The molecule has 1 saturated carbocycles. The van der Waals surface area contributed by atoms with Crippen molar-refractivity contribution in [3.05, 3.63) is 0 Å². The van der Waals surface area contributed by atoms with Gasteiger partial charge in [-0.3, -0.25) is 4.79 Å². The fourth-order valence-electron chi connectivity index (χ4n) is 3.77. The molecule has 3 atom stereocenters. The minimum absolute atomic E-state index is 0.0388. The zero-order valence-corrected chi connectivity index (χ0v) is 13.3. The van der Waals surface area contributed by atoms with Gasteiger partial charge in [0.25, 0.3) is 0 Å². The lowest BCUT2D eigenvalue weighted by molar-refractivity contribution is -0.131. The normalized spacial score (nSPS) is 35.7. The van der Waals surface area contributed by atoms with Crippen LogP contribution in [0.2, 0.25) is 0 Å². The summed E-state index contributed by atoms with van der Waals surface area (Å²) in [6.07, 6.45) is 3.10. The van der Waals surface area contributed by atoms with E-state index in [-0.39, 0.29) is 30.3 Å². The summed E-state index contributed by atoms with van der Waals surface area (Å²) in [5.41, 5.74) is 0.209. The minimum Gasteiger partial charge on any atom is -0.338 e. The van der Waals surface area contributed by atoms with Crippen LogP contribution in [-0.4, -0.2) is 37.1 Å². The summed E-state index contributed by atoms with van der Waals surface area (Å²) in [4.78, 5) is 13.8. The van der Waals surface area contributed by atoms with E-state index >= 15 is 0 Å². The maximum Gasteiger partial charge on any atom is 0.237 e. The Morgan fingerprint density at radius 3 is 2.42 bits per heavy atom. The van der Waals surface area contributed by atoms with Crippen molar-refractivity contribution in [3.8, 4) is 0 Å². The van der Waals surface area contributed by atoms with Crippen LogP contribution in [0, 0.1) is 11.3 Å². The Balaban J connectivity index is 2.12. The number of amides is 1. The molecule has 1 aliphatic heterocycles. The van der Waals surface area contributed by atoms with Crippen LogP contribution in [0.5, 0.6) is 0 Å². The fourth-order valence-corrected chi connectivity index (χ4v) is 4.81. The van der Waals surface area contributed by atoms with Crippen molar-refractivity contribution in [1.29, 1.82) is 0 Å². The molecule has 6 heteroatoms. The lowest BCUT2D eigenvalue weighted by Crippen LogP contribution is -2.44. The molecular weight excluding hydrogens is 286 g/mol. The van der Waals surface area contributed by atoms with Crippen LogP contribution in [0.1, 0.15) is 46.5 Å². The highest BCUT2D eigenvalue weighted by Gasteiger charge is 2.43. The first kappa shape index (κ1) is 15.1. The standard InChI is InChI=1S/C13H22ClNO3S/c1-9-4-10(7-13(2,3)6-9)15-8-11(5-12(15)16)19(14,17)18/h9-11H,4-8H2,1-3H3. The van der Waals surface area contributed by atoms with Crippen LogP contribution in [0.15, 0.2) is 0 Å². The highest BCUT2D eigenvalue weighted by Crippen LogP contribution is 2.41. The first-order valence-corrected chi connectivity index (χ1v) is 9.19. The quantitative estimate of drug-likeness (QED) is 0.736. The second-order valence-corrected chi connectivity index (χ2v) is 9.82. The van der Waals surface area contributed by atoms with Gasteiger partial charge in [0, 0.05) is 29.7 Å². The number of nitrogens with zero attached hydrogens (tertiary/aromatic N) is 1. The van der Waals surface area contributed by atoms with Gasteiger partial charge in [0.1, 0.15) is 5.25 Å². The van der Waals surface area contributed by atoms with Crippen LogP contribution >= 0.6 is 10.7 Å². The fraction of sp³-hybridized carbons (Fsp3) is 0.923. The molecule has 0 aromatic heterocycles. The second-order valence-electron chi connectivity index (χ2n) is 6.91. The molecule has 1 aliphatic carbocycles. The number of halogens is 1. The summed E-state index contributed by atoms with van der Waals surface area (Å²) in [6, 6.07) is 0.162. The van der Waals surface area contributed by atoms with Gasteiger partial charge >= 0.3 is 0 Å². The minimum atomic E-state index is -3.64. The van der Waals surface area contributed by atoms with Gasteiger partial charge in [0.2, 0.25) is 15.0 Å². The van der Waals surface area contributed by atoms with Crippen LogP contribution in [0.25, 0.3) is 0 Å². The van der Waals surface area contributed by atoms with Gasteiger partial charge in [0.15, 0.2) is 0 Å². The highest BCUT2D eigenvalue weighted by atomic mass is 35.7. The smallest absolute Gasteiger partial charge is 0.237 e. The van der Waals surface area contributed by atoms with Crippen molar-refractivity contribution in [2.75, 3.05) is 6.54 Å². The summed E-state index contributed by atoms with van der Waals surface area (Å²) in [5.74, 6) is 0.498. The first-order chi connectivity index (χ1) is 8.58. The number of hydrogen-bond acceptors (Lipinski definition) is 3. The Hall–Kier alpha value is -0.290. The number of hydrogen-bond donors (Lipinski definition) is 0. The van der Waals surface area contributed by atoms with Crippen molar-refractivity contribution >= 4 is 25.6 Å². The molecular formula is C13H22ClNO3S. The third kappa shape index (κ3) is 3.43. The second kappa shape index (κ2) is 4.92. The maximum atomic E-state index is 12.1. The van der Waals surface area contributed by atoms with E-state index in [1.54, 1.807) is 4.90 Å². The molecule has 19 heavy (non-hydrogen) atoms. The van der Waals surface area contributed by atoms with Crippen LogP contribution in [-0.2, 0) is 13.8 Å². The SMILES string of the molecule is CC1CC(N2CC(S(=O)(=O)Cl)CC2=O)CC(C)(C)C1. The summed E-state index contributed by atoms with van der Waals surface area (Å²) >= 11 is 0. The summed E-state index contributed by atoms with van der Waals surface area (Å²) in [7, 11) is 1.75. The van der Waals surface area contributed by atoms with Crippen molar-refractivity contribution in [2.24, 2.45) is 11.3 Å². The van der Waals surface area contributed by atoms with Gasteiger partial charge in [-0.2, -0.15) is 0 Å². The maximum absolute atomic E-state index is 12.1. The average molecular weight is 308 g/mol. The van der Waals surface area contributed by atoms with E-state index in [0.717, 1.165) is 19.3 Å². The van der Waals surface area contributed by atoms with E-state index < -0.39 is 14.3 Å². The lowest BCUT2D eigenvalue weighted by atomic mass is 9.70. The molecule has 1 amide bonds. The van der Waals surface area contributed by atoms with E-state index in [0.29, 0.717) is 5.92 Å². The van der Waals surface area contributed by atoms with Gasteiger partial charge in [-0.05, 0) is 30.6 Å². The third-order valence-electron chi connectivity index (χ3n) is 4.33. The molecule has 4 nitrogen and oxygen atoms in total. The monoisotopic (exact) mass is 307 g/mol. The van der Waals surface area contributed by atoms with Gasteiger partial charge in [-0.25, -0.2) is 8.42 Å². The molecule has 2 rings (SSSR count). The largest absolute Gasteiger partial charge is 0.338 e. The molecule has 3 unspecified atom stereocenters. The number of rotatable bonds is 2. The van der Waals surface area contributed by atoms with Gasteiger partial charge in [-0.1, -0.05) is 20.8 Å². The van der Waals surface area contributed by atoms with Crippen molar-refractivity contribution in [3.63, 3.8) is 0 Å². The van der Waals surface area contributed by atoms with Gasteiger partial charge in [-0.15, -0.1) is 0 Å². The first-order valence-electron chi connectivity index (χ1n) is 6.81. The van der Waals surface area contributed by atoms with Gasteiger partial charge in [0.05, 0.1) is 0 Å². The Bertz CT molecular complexity index is 474. The zero-order valence-electron chi connectivity index (χ0n) is 11.7. The van der Waals surface area contributed by atoms with Crippen molar-refractivity contribution in [1.82, 2.24) is 4.90 Å². The Kier molecular flexibility index (Phi) is 3.91. The molecule has 0 aromatic rings. The molecule has 1 heterocycles. The highest BCUT2D eigenvalue weighted by molar-refractivity contribution is 8.14. The molecule has 0 spiro atoms. The van der Waals surface area contributed by atoms with E-state index in [9.17, 15) is 13.2 Å². The van der Waals surface area contributed by atoms with Crippen molar-refractivity contribution < 1.29 is 13.2 Å². The Morgan fingerprint density at radius 1 is 1.32 bits per heavy atom. The van der Waals surface area contributed by atoms with Crippen molar-refractivity contribution in [2.45, 2.75) is 57.7 Å². The molecule has 2 aliphatic rings. The van der Waals surface area contributed by atoms with E-state index in [4.69, 9.17) is 10.7 Å². The summed E-state index contributed by atoms with van der Waals surface area (Å²) < 4.78 is 22.8. The summed E-state index contributed by atoms with van der Waals surface area (Å²) in [6.45, 7) is 6.89.